The van der Waals surface area contributed by atoms with Crippen molar-refractivity contribution in [3.63, 3.8) is 0 Å². The van der Waals surface area contributed by atoms with Crippen molar-refractivity contribution in [3.8, 4) is 6.07 Å². The van der Waals surface area contributed by atoms with Gasteiger partial charge in [-0.1, -0.05) is 6.07 Å². The number of nitrogens with zero attached hydrogens (tertiary/aromatic N) is 2. The van der Waals surface area contributed by atoms with E-state index in [0.717, 1.165) is 17.9 Å². The predicted molar refractivity (Wildman–Crippen MR) is 82.7 cm³/mol. The Hall–Kier alpha value is -1.07. The molecule has 1 aromatic carbocycles. The monoisotopic (exact) mass is 326 g/mol. The van der Waals surface area contributed by atoms with E-state index in [0.29, 0.717) is 18.7 Å². The van der Waals surface area contributed by atoms with Crippen molar-refractivity contribution >= 4 is 21.8 Å². The van der Waals surface area contributed by atoms with E-state index in [1.165, 1.54) is 16.4 Å². The molecule has 1 fully saturated rings. The molecule has 0 aliphatic carbocycles. The highest BCUT2D eigenvalue weighted by Crippen LogP contribution is 2.27. The maximum atomic E-state index is 12.8. The van der Waals surface area contributed by atoms with Crippen LogP contribution in [0.2, 0.25) is 0 Å². The van der Waals surface area contributed by atoms with Crippen molar-refractivity contribution in [2.75, 3.05) is 31.8 Å². The summed E-state index contributed by atoms with van der Waals surface area (Å²) in [5.74, 6) is 1.78. The van der Waals surface area contributed by atoms with E-state index in [1.807, 2.05) is 6.07 Å². The van der Waals surface area contributed by atoms with Gasteiger partial charge in [0.05, 0.1) is 23.1 Å². The standard InChI is InChI=1S/C14H18N2O3S2/c1-19-7-6-16(13-5-8-20-11-13)21(17,18)14-4-2-3-12(9-14)10-15/h2-4,9,13H,5-8,11H2,1H3. The summed E-state index contributed by atoms with van der Waals surface area (Å²) in [5, 5.41) is 8.94. The molecule has 2 rings (SSSR count). The van der Waals surface area contributed by atoms with Gasteiger partial charge in [-0.2, -0.15) is 21.3 Å². The highest BCUT2D eigenvalue weighted by atomic mass is 32.2. The molecule has 1 atom stereocenters. The number of rotatable bonds is 6. The molecule has 21 heavy (non-hydrogen) atoms. The second kappa shape index (κ2) is 7.27. The highest BCUT2D eigenvalue weighted by Gasteiger charge is 2.33. The first-order valence-corrected chi connectivity index (χ1v) is 9.27. The molecule has 0 radical (unpaired) electrons. The molecular weight excluding hydrogens is 308 g/mol. The molecule has 0 aromatic heterocycles. The topological polar surface area (TPSA) is 70.4 Å². The summed E-state index contributed by atoms with van der Waals surface area (Å²) in [6, 6.07) is 8.15. The number of ether oxygens (including phenoxy) is 1. The molecule has 1 aliphatic rings. The van der Waals surface area contributed by atoms with E-state index in [4.69, 9.17) is 10.00 Å². The Morgan fingerprint density at radius 2 is 2.33 bits per heavy atom. The Balaban J connectivity index is 2.33. The lowest BCUT2D eigenvalue weighted by molar-refractivity contribution is 0.169. The minimum atomic E-state index is -3.60. The van der Waals surface area contributed by atoms with Crippen molar-refractivity contribution in [1.29, 1.82) is 5.26 Å². The van der Waals surface area contributed by atoms with Crippen molar-refractivity contribution in [2.24, 2.45) is 0 Å². The van der Waals surface area contributed by atoms with E-state index < -0.39 is 10.0 Å². The molecule has 0 bridgehead atoms. The Kier molecular flexibility index (Phi) is 5.65. The molecular formula is C14H18N2O3S2. The van der Waals surface area contributed by atoms with E-state index >= 15 is 0 Å². The number of hydrogen-bond donors (Lipinski definition) is 0. The number of sulfonamides is 1. The second-order valence-electron chi connectivity index (χ2n) is 4.77. The van der Waals surface area contributed by atoms with Gasteiger partial charge in [-0.15, -0.1) is 0 Å². The van der Waals surface area contributed by atoms with Gasteiger partial charge in [0.15, 0.2) is 0 Å². The highest BCUT2D eigenvalue weighted by molar-refractivity contribution is 7.99. The van der Waals surface area contributed by atoms with Crippen LogP contribution >= 0.6 is 11.8 Å². The molecule has 114 valence electrons. The van der Waals surface area contributed by atoms with Crippen molar-refractivity contribution in [1.82, 2.24) is 4.31 Å². The van der Waals surface area contributed by atoms with Gasteiger partial charge in [-0.3, -0.25) is 0 Å². The van der Waals surface area contributed by atoms with Crippen LogP contribution in [0.15, 0.2) is 29.2 Å². The van der Waals surface area contributed by atoms with E-state index in [9.17, 15) is 8.42 Å². The first-order chi connectivity index (χ1) is 10.1. The molecule has 0 spiro atoms. The first-order valence-electron chi connectivity index (χ1n) is 6.68. The molecule has 1 unspecified atom stereocenters. The fourth-order valence-corrected chi connectivity index (χ4v) is 5.29. The third kappa shape index (κ3) is 3.77. The lowest BCUT2D eigenvalue weighted by atomic mass is 10.2. The van der Waals surface area contributed by atoms with Crippen LogP contribution in [-0.2, 0) is 14.8 Å². The Morgan fingerprint density at radius 3 is 2.95 bits per heavy atom. The predicted octanol–water partition coefficient (Wildman–Crippen LogP) is 1.70. The number of thioether (sulfide) groups is 1. The summed E-state index contributed by atoms with van der Waals surface area (Å²) in [6.07, 6.45) is 0.853. The molecule has 1 heterocycles. The van der Waals surface area contributed by atoms with Crippen LogP contribution in [0.3, 0.4) is 0 Å². The Bertz CT molecular complexity index is 619. The maximum Gasteiger partial charge on any atom is 0.243 e. The first kappa shape index (κ1) is 16.3. The lowest BCUT2D eigenvalue weighted by Crippen LogP contribution is -2.42. The average molecular weight is 326 g/mol. The summed E-state index contributed by atoms with van der Waals surface area (Å²) < 4.78 is 32.3. The fourth-order valence-electron chi connectivity index (χ4n) is 2.29. The molecule has 0 saturated carbocycles. The molecule has 0 amide bonds. The number of benzene rings is 1. The molecule has 1 aliphatic heterocycles. The third-order valence-electron chi connectivity index (χ3n) is 3.40. The van der Waals surface area contributed by atoms with Crippen molar-refractivity contribution in [2.45, 2.75) is 17.4 Å². The summed E-state index contributed by atoms with van der Waals surface area (Å²) in [7, 11) is -2.04. The number of methoxy groups -OCH3 is 1. The van der Waals surface area contributed by atoms with Crippen LogP contribution in [0.25, 0.3) is 0 Å². The van der Waals surface area contributed by atoms with Gasteiger partial charge < -0.3 is 4.74 Å². The SMILES string of the molecule is COCCN(C1CCSC1)S(=O)(=O)c1cccc(C#N)c1. The van der Waals surface area contributed by atoms with Gasteiger partial charge in [0.2, 0.25) is 10.0 Å². The zero-order valence-corrected chi connectivity index (χ0v) is 13.5. The molecule has 1 saturated heterocycles. The summed E-state index contributed by atoms with van der Waals surface area (Å²) >= 11 is 1.76. The quantitative estimate of drug-likeness (QED) is 0.796. The van der Waals surface area contributed by atoms with Crippen LogP contribution in [-0.4, -0.2) is 50.5 Å². The van der Waals surface area contributed by atoms with Gasteiger partial charge >= 0.3 is 0 Å². The number of hydrogen-bond acceptors (Lipinski definition) is 5. The van der Waals surface area contributed by atoms with E-state index in [2.05, 4.69) is 0 Å². The Morgan fingerprint density at radius 1 is 1.52 bits per heavy atom. The molecule has 5 nitrogen and oxygen atoms in total. The van der Waals surface area contributed by atoms with Crippen LogP contribution in [0, 0.1) is 11.3 Å². The number of nitriles is 1. The maximum absolute atomic E-state index is 12.8. The lowest BCUT2D eigenvalue weighted by Gasteiger charge is -2.27. The normalized spacial score (nSPS) is 18.8. The van der Waals surface area contributed by atoms with Crippen LogP contribution in [0.5, 0.6) is 0 Å². The Labute approximate surface area is 129 Å². The fraction of sp³-hybridized carbons (Fsp3) is 0.500. The second-order valence-corrected chi connectivity index (χ2v) is 7.81. The minimum absolute atomic E-state index is 0.000826. The summed E-state index contributed by atoms with van der Waals surface area (Å²) in [4.78, 5) is 0.176. The smallest absolute Gasteiger partial charge is 0.243 e. The summed E-state index contributed by atoms with van der Waals surface area (Å²) in [6.45, 7) is 0.694. The van der Waals surface area contributed by atoms with E-state index in [1.54, 1.807) is 31.0 Å². The minimum Gasteiger partial charge on any atom is -0.383 e. The summed E-state index contributed by atoms with van der Waals surface area (Å²) in [5.41, 5.74) is 0.351. The average Bonchev–Trinajstić information content (AvgIpc) is 3.01. The van der Waals surface area contributed by atoms with Crippen LogP contribution in [0.4, 0.5) is 0 Å². The van der Waals surface area contributed by atoms with Crippen molar-refractivity contribution in [3.05, 3.63) is 29.8 Å². The van der Waals surface area contributed by atoms with Gasteiger partial charge in [0.25, 0.3) is 0 Å². The van der Waals surface area contributed by atoms with Gasteiger partial charge in [-0.25, -0.2) is 8.42 Å². The van der Waals surface area contributed by atoms with Crippen molar-refractivity contribution < 1.29 is 13.2 Å². The zero-order valence-electron chi connectivity index (χ0n) is 11.9. The largest absolute Gasteiger partial charge is 0.383 e. The van der Waals surface area contributed by atoms with Gasteiger partial charge in [0, 0.05) is 25.4 Å². The van der Waals surface area contributed by atoms with Crippen LogP contribution in [0.1, 0.15) is 12.0 Å². The van der Waals surface area contributed by atoms with Gasteiger partial charge in [-0.05, 0) is 30.4 Å². The molecule has 7 heteroatoms. The zero-order chi connectivity index (χ0) is 15.3. The third-order valence-corrected chi connectivity index (χ3v) is 6.49. The molecule has 1 aromatic rings. The van der Waals surface area contributed by atoms with E-state index in [-0.39, 0.29) is 10.9 Å². The molecule has 0 N–H and O–H groups in total. The van der Waals surface area contributed by atoms with Crippen LogP contribution < -0.4 is 0 Å². The van der Waals surface area contributed by atoms with Gasteiger partial charge in [0.1, 0.15) is 0 Å².